The van der Waals surface area contributed by atoms with Gasteiger partial charge in [0, 0.05) is 5.56 Å². The van der Waals surface area contributed by atoms with E-state index in [9.17, 15) is 14.7 Å². The molecule has 4 N–H and O–H groups in total. The average Bonchev–Trinajstić information content (AvgIpc) is 2.36. The SMILES string of the molecule is CC(C)(C)OC(=O)NC(CO)Cc1ccccc1C(N)=O. The normalized spacial score (nSPS) is 12.6. The Morgan fingerprint density at radius 3 is 2.48 bits per heavy atom. The van der Waals surface area contributed by atoms with Gasteiger partial charge in [0.15, 0.2) is 0 Å². The van der Waals surface area contributed by atoms with E-state index in [2.05, 4.69) is 5.32 Å². The number of aliphatic hydroxyl groups excluding tert-OH is 1. The van der Waals surface area contributed by atoms with Crippen molar-refractivity contribution in [2.75, 3.05) is 6.61 Å². The number of nitrogens with two attached hydrogens (primary N) is 1. The molecule has 0 saturated heterocycles. The van der Waals surface area contributed by atoms with Crippen molar-refractivity contribution in [3.8, 4) is 0 Å². The summed E-state index contributed by atoms with van der Waals surface area (Å²) in [7, 11) is 0. The lowest BCUT2D eigenvalue weighted by Gasteiger charge is -2.23. The molecule has 2 amide bonds. The van der Waals surface area contributed by atoms with Gasteiger partial charge in [0.2, 0.25) is 5.91 Å². The van der Waals surface area contributed by atoms with E-state index in [0.29, 0.717) is 11.1 Å². The van der Waals surface area contributed by atoms with Crippen LogP contribution in [0.4, 0.5) is 4.79 Å². The predicted octanol–water partition coefficient (Wildman–Crippen LogP) is 1.21. The maximum absolute atomic E-state index is 11.7. The summed E-state index contributed by atoms with van der Waals surface area (Å²) in [6, 6.07) is 6.27. The van der Waals surface area contributed by atoms with Crippen LogP contribution in [0.1, 0.15) is 36.7 Å². The van der Waals surface area contributed by atoms with E-state index in [-0.39, 0.29) is 13.0 Å². The standard InChI is InChI=1S/C15H22N2O4/c1-15(2,3)21-14(20)17-11(9-18)8-10-6-4-5-7-12(10)13(16)19/h4-7,11,18H,8-9H2,1-3H3,(H2,16,19)(H,17,20). The van der Waals surface area contributed by atoms with Crippen molar-refractivity contribution in [2.24, 2.45) is 5.73 Å². The summed E-state index contributed by atoms with van der Waals surface area (Å²) < 4.78 is 5.13. The molecule has 1 atom stereocenters. The topological polar surface area (TPSA) is 102 Å². The molecule has 0 aliphatic heterocycles. The van der Waals surface area contributed by atoms with Gasteiger partial charge in [-0.25, -0.2) is 4.79 Å². The Morgan fingerprint density at radius 1 is 1.33 bits per heavy atom. The molecule has 0 aliphatic carbocycles. The van der Waals surface area contributed by atoms with Crippen molar-refractivity contribution < 1.29 is 19.4 Å². The molecule has 1 aromatic carbocycles. The van der Waals surface area contributed by atoms with Gasteiger partial charge in [-0.2, -0.15) is 0 Å². The first kappa shape index (κ1) is 17.0. The molecule has 1 rings (SSSR count). The third kappa shape index (κ3) is 5.83. The fourth-order valence-electron chi connectivity index (χ4n) is 1.84. The fourth-order valence-corrected chi connectivity index (χ4v) is 1.84. The summed E-state index contributed by atoms with van der Waals surface area (Å²) in [5, 5.41) is 12.0. The highest BCUT2D eigenvalue weighted by atomic mass is 16.6. The molecule has 0 radical (unpaired) electrons. The Balaban J connectivity index is 2.75. The lowest BCUT2D eigenvalue weighted by atomic mass is 10.00. The molecule has 1 unspecified atom stereocenters. The summed E-state index contributed by atoms with van der Waals surface area (Å²) in [6.45, 7) is 4.99. The van der Waals surface area contributed by atoms with E-state index in [0.717, 1.165) is 0 Å². The van der Waals surface area contributed by atoms with E-state index in [1.54, 1.807) is 45.0 Å². The predicted molar refractivity (Wildman–Crippen MR) is 78.9 cm³/mol. The number of aliphatic hydroxyl groups is 1. The van der Waals surface area contributed by atoms with Gasteiger partial charge in [0.1, 0.15) is 5.60 Å². The second-order valence-electron chi connectivity index (χ2n) is 5.75. The Morgan fingerprint density at radius 2 is 1.95 bits per heavy atom. The van der Waals surface area contributed by atoms with Gasteiger partial charge < -0.3 is 20.9 Å². The lowest BCUT2D eigenvalue weighted by molar-refractivity contribution is 0.0483. The number of nitrogens with one attached hydrogen (secondary N) is 1. The lowest BCUT2D eigenvalue weighted by Crippen LogP contribution is -2.42. The highest BCUT2D eigenvalue weighted by Gasteiger charge is 2.20. The van der Waals surface area contributed by atoms with Gasteiger partial charge in [0.05, 0.1) is 12.6 Å². The second-order valence-corrected chi connectivity index (χ2v) is 5.75. The molecule has 6 heteroatoms. The van der Waals surface area contributed by atoms with Gasteiger partial charge >= 0.3 is 6.09 Å². The average molecular weight is 294 g/mol. The highest BCUT2D eigenvalue weighted by Crippen LogP contribution is 2.12. The first-order chi connectivity index (χ1) is 9.73. The van der Waals surface area contributed by atoms with Crippen LogP contribution in [0, 0.1) is 0 Å². The third-order valence-electron chi connectivity index (χ3n) is 2.69. The number of carbonyl (C=O) groups excluding carboxylic acids is 2. The van der Waals surface area contributed by atoms with Gasteiger partial charge in [-0.05, 0) is 38.8 Å². The summed E-state index contributed by atoms with van der Waals surface area (Å²) >= 11 is 0. The zero-order valence-electron chi connectivity index (χ0n) is 12.6. The molecule has 0 fully saturated rings. The largest absolute Gasteiger partial charge is 0.444 e. The van der Waals surface area contributed by atoms with Crippen molar-refractivity contribution in [3.63, 3.8) is 0 Å². The van der Waals surface area contributed by atoms with E-state index in [1.165, 1.54) is 0 Å². The van der Waals surface area contributed by atoms with Crippen LogP contribution in [-0.2, 0) is 11.2 Å². The molecule has 0 heterocycles. The van der Waals surface area contributed by atoms with Crippen molar-refractivity contribution in [1.29, 1.82) is 0 Å². The quantitative estimate of drug-likeness (QED) is 0.759. The summed E-state index contributed by atoms with van der Waals surface area (Å²) in [5.41, 5.74) is 5.73. The Kier molecular flexibility index (Phi) is 5.72. The minimum absolute atomic E-state index is 0.271. The zero-order valence-corrected chi connectivity index (χ0v) is 12.6. The smallest absolute Gasteiger partial charge is 0.407 e. The van der Waals surface area contributed by atoms with Crippen LogP contribution in [0.25, 0.3) is 0 Å². The number of carbonyl (C=O) groups is 2. The Hall–Kier alpha value is -2.08. The molecule has 116 valence electrons. The van der Waals surface area contributed by atoms with Gasteiger partial charge in [0.25, 0.3) is 0 Å². The number of benzene rings is 1. The molecule has 21 heavy (non-hydrogen) atoms. The number of amides is 2. The van der Waals surface area contributed by atoms with Crippen molar-refractivity contribution >= 4 is 12.0 Å². The maximum Gasteiger partial charge on any atom is 0.407 e. The molecular formula is C15H22N2O4. The highest BCUT2D eigenvalue weighted by molar-refractivity contribution is 5.94. The van der Waals surface area contributed by atoms with Crippen LogP contribution in [-0.4, -0.2) is 35.4 Å². The van der Waals surface area contributed by atoms with Crippen LogP contribution in [0.15, 0.2) is 24.3 Å². The minimum Gasteiger partial charge on any atom is -0.444 e. The van der Waals surface area contributed by atoms with Gasteiger partial charge in [-0.3, -0.25) is 4.79 Å². The second kappa shape index (κ2) is 7.08. The summed E-state index contributed by atoms with van der Waals surface area (Å²) in [5.74, 6) is -0.542. The maximum atomic E-state index is 11.7. The number of hydrogen-bond donors (Lipinski definition) is 3. The minimum atomic E-state index is -0.616. The van der Waals surface area contributed by atoms with Gasteiger partial charge in [-0.15, -0.1) is 0 Å². The first-order valence-corrected chi connectivity index (χ1v) is 6.71. The Bertz CT molecular complexity index is 509. The number of ether oxygens (including phenoxy) is 1. The molecule has 0 aromatic heterocycles. The monoisotopic (exact) mass is 294 g/mol. The third-order valence-corrected chi connectivity index (χ3v) is 2.69. The van der Waals surface area contributed by atoms with Crippen LogP contribution >= 0.6 is 0 Å². The van der Waals surface area contributed by atoms with E-state index in [4.69, 9.17) is 10.5 Å². The van der Waals surface area contributed by atoms with Crippen LogP contribution in [0.3, 0.4) is 0 Å². The molecule has 0 saturated carbocycles. The van der Waals surface area contributed by atoms with Crippen LogP contribution in [0.5, 0.6) is 0 Å². The molecule has 0 spiro atoms. The molecule has 6 nitrogen and oxygen atoms in total. The van der Waals surface area contributed by atoms with Crippen LogP contribution < -0.4 is 11.1 Å². The van der Waals surface area contributed by atoms with Crippen molar-refractivity contribution in [3.05, 3.63) is 35.4 Å². The number of hydrogen-bond acceptors (Lipinski definition) is 4. The number of primary amides is 1. The Labute approximate surface area is 124 Å². The molecule has 0 aliphatic rings. The molecular weight excluding hydrogens is 272 g/mol. The number of rotatable bonds is 5. The first-order valence-electron chi connectivity index (χ1n) is 6.71. The van der Waals surface area contributed by atoms with Gasteiger partial charge in [-0.1, -0.05) is 18.2 Å². The summed E-state index contributed by atoms with van der Waals surface area (Å²) in [6.07, 6.45) is -0.326. The van der Waals surface area contributed by atoms with E-state index < -0.39 is 23.6 Å². The van der Waals surface area contributed by atoms with Crippen LogP contribution in [0.2, 0.25) is 0 Å². The zero-order chi connectivity index (χ0) is 16.0. The summed E-state index contributed by atoms with van der Waals surface area (Å²) in [4.78, 5) is 23.1. The molecule has 1 aromatic rings. The number of alkyl carbamates (subject to hydrolysis) is 1. The molecule has 0 bridgehead atoms. The fraction of sp³-hybridized carbons (Fsp3) is 0.467. The van der Waals surface area contributed by atoms with Crippen molar-refractivity contribution in [2.45, 2.75) is 38.8 Å². The van der Waals surface area contributed by atoms with Crippen molar-refractivity contribution in [1.82, 2.24) is 5.32 Å². The van der Waals surface area contributed by atoms with E-state index >= 15 is 0 Å². The van der Waals surface area contributed by atoms with E-state index in [1.807, 2.05) is 0 Å².